The number of aromatic amines is 1. The van der Waals surface area contributed by atoms with Gasteiger partial charge in [-0.05, 0) is 17.7 Å². The Labute approximate surface area is 76.1 Å². The molecule has 1 aromatic carbocycles. The largest absolute Gasteiger partial charge is 0.387 e. The lowest BCUT2D eigenvalue weighted by Gasteiger charge is -2.00. The minimum Gasteiger partial charge on any atom is -0.387 e. The number of nitrogens with one attached hydrogen (secondary N) is 2. The standard InChI is InChI=1S/C10H11N3/c11-10(12)6-7-2-1-3-9-8(7)4-5-13-9/h1-5,13H,6H2,(H3,11,12). The Morgan fingerprint density at radius 3 is 3.00 bits per heavy atom. The van der Waals surface area contributed by atoms with Crippen molar-refractivity contribution in [1.29, 1.82) is 5.41 Å². The highest BCUT2D eigenvalue weighted by Crippen LogP contribution is 2.17. The summed E-state index contributed by atoms with van der Waals surface area (Å²) in [6, 6.07) is 7.99. The molecule has 13 heavy (non-hydrogen) atoms. The van der Waals surface area contributed by atoms with Crippen molar-refractivity contribution in [2.75, 3.05) is 0 Å². The number of H-pyrrole nitrogens is 1. The highest BCUT2D eigenvalue weighted by Gasteiger charge is 2.01. The van der Waals surface area contributed by atoms with Gasteiger partial charge in [-0.3, -0.25) is 5.41 Å². The second-order valence-electron chi connectivity index (χ2n) is 3.06. The lowest BCUT2D eigenvalue weighted by molar-refractivity contribution is 1.27. The average Bonchev–Trinajstić information content (AvgIpc) is 2.51. The molecule has 0 aliphatic heterocycles. The Bertz CT molecular complexity index is 442. The van der Waals surface area contributed by atoms with Crippen LogP contribution in [0.4, 0.5) is 0 Å². The first-order valence-electron chi connectivity index (χ1n) is 4.15. The summed E-state index contributed by atoms with van der Waals surface area (Å²) in [6.07, 6.45) is 2.42. The zero-order chi connectivity index (χ0) is 9.26. The van der Waals surface area contributed by atoms with E-state index in [4.69, 9.17) is 11.1 Å². The molecule has 0 unspecified atom stereocenters. The molecule has 0 fully saturated rings. The van der Waals surface area contributed by atoms with E-state index in [-0.39, 0.29) is 5.84 Å². The smallest absolute Gasteiger partial charge is 0.0950 e. The predicted molar refractivity (Wildman–Crippen MR) is 53.9 cm³/mol. The second kappa shape index (κ2) is 2.94. The minimum absolute atomic E-state index is 0.203. The molecule has 66 valence electrons. The first kappa shape index (κ1) is 7.86. The molecular formula is C10H11N3. The van der Waals surface area contributed by atoms with Gasteiger partial charge in [-0.2, -0.15) is 0 Å². The van der Waals surface area contributed by atoms with Gasteiger partial charge in [-0.15, -0.1) is 0 Å². The van der Waals surface area contributed by atoms with Gasteiger partial charge in [0.25, 0.3) is 0 Å². The molecule has 0 radical (unpaired) electrons. The lowest BCUT2D eigenvalue weighted by atomic mass is 10.1. The van der Waals surface area contributed by atoms with Gasteiger partial charge in [0, 0.05) is 23.5 Å². The lowest BCUT2D eigenvalue weighted by Crippen LogP contribution is -2.12. The fourth-order valence-corrected chi connectivity index (χ4v) is 1.51. The molecule has 3 heteroatoms. The summed E-state index contributed by atoms with van der Waals surface area (Å²) in [7, 11) is 0. The summed E-state index contributed by atoms with van der Waals surface area (Å²) >= 11 is 0. The molecule has 4 N–H and O–H groups in total. The molecule has 1 heterocycles. The van der Waals surface area contributed by atoms with E-state index in [2.05, 4.69) is 4.98 Å². The summed E-state index contributed by atoms with van der Waals surface area (Å²) in [5.41, 5.74) is 7.56. The first-order chi connectivity index (χ1) is 6.27. The van der Waals surface area contributed by atoms with Gasteiger partial charge < -0.3 is 10.7 Å². The number of hydrogen-bond donors (Lipinski definition) is 3. The monoisotopic (exact) mass is 173 g/mol. The van der Waals surface area contributed by atoms with Crippen molar-refractivity contribution in [1.82, 2.24) is 4.98 Å². The van der Waals surface area contributed by atoms with Crippen LogP contribution in [0.3, 0.4) is 0 Å². The number of hydrogen-bond acceptors (Lipinski definition) is 1. The molecule has 3 nitrogen and oxygen atoms in total. The third-order valence-electron chi connectivity index (χ3n) is 2.07. The zero-order valence-electron chi connectivity index (χ0n) is 7.17. The van der Waals surface area contributed by atoms with Crippen LogP contribution in [-0.4, -0.2) is 10.8 Å². The molecule has 0 atom stereocenters. The SMILES string of the molecule is N=C(N)Cc1cccc2[nH]ccc12. The van der Waals surface area contributed by atoms with Crippen LogP contribution < -0.4 is 5.73 Å². The summed E-state index contributed by atoms with van der Waals surface area (Å²) in [5, 5.41) is 8.38. The Morgan fingerprint density at radius 1 is 1.38 bits per heavy atom. The number of benzene rings is 1. The molecule has 0 aliphatic rings. The van der Waals surface area contributed by atoms with Crippen molar-refractivity contribution in [3.63, 3.8) is 0 Å². The van der Waals surface area contributed by atoms with E-state index in [0.29, 0.717) is 6.42 Å². The summed E-state index contributed by atoms with van der Waals surface area (Å²) in [5.74, 6) is 0.203. The summed E-state index contributed by atoms with van der Waals surface area (Å²) in [6.45, 7) is 0. The van der Waals surface area contributed by atoms with Crippen molar-refractivity contribution >= 4 is 16.7 Å². The van der Waals surface area contributed by atoms with E-state index >= 15 is 0 Å². The van der Waals surface area contributed by atoms with Crippen LogP contribution in [0.25, 0.3) is 10.9 Å². The minimum atomic E-state index is 0.203. The second-order valence-corrected chi connectivity index (χ2v) is 3.06. The van der Waals surface area contributed by atoms with Gasteiger partial charge >= 0.3 is 0 Å². The van der Waals surface area contributed by atoms with Crippen molar-refractivity contribution in [2.45, 2.75) is 6.42 Å². The molecule has 2 aromatic rings. The van der Waals surface area contributed by atoms with Crippen LogP contribution in [-0.2, 0) is 6.42 Å². The molecule has 0 amide bonds. The molecule has 0 bridgehead atoms. The van der Waals surface area contributed by atoms with Crippen LogP contribution >= 0.6 is 0 Å². The zero-order valence-corrected chi connectivity index (χ0v) is 7.17. The topological polar surface area (TPSA) is 65.7 Å². The van der Waals surface area contributed by atoms with E-state index in [0.717, 1.165) is 16.5 Å². The molecule has 0 saturated carbocycles. The van der Waals surface area contributed by atoms with Crippen molar-refractivity contribution in [3.05, 3.63) is 36.0 Å². The van der Waals surface area contributed by atoms with E-state index in [1.165, 1.54) is 0 Å². The van der Waals surface area contributed by atoms with Gasteiger partial charge in [0.15, 0.2) is 0 Å². The van der Waals surface area contributed by atoms with Gasteiger partial charge in [0.1, 0.15) is 0 Å². The molecule has 1 aromatic heterocycles. The third kappa shape index (κ3) is 1.40. The van der Waals surface area contributed by atoms with Crippen LogP contribution in [0.1, 0.15) is 5.56 Å². The van der Waals surface area contributed by atoms with Crippen LogP contribution in [0.2, 0.25) is 0 Å². The van der Waals surface area contributed by atoms with E-state index < -0.39 is 0 Å². The fourth-order valence-electron chi connectivity index (χ4n) is 1.51. The van der Waals surface area contributed by atoms with Gasteiger partial charge in [0.2, 0.25) is 0 Å². The highest BCUT2D eigenvalue weighted by atomic mass is 14.7. The maximum absolute atomic E-state index is 7.23. The van der Waals surface area contributed by atoms with Gasteiger partial charge in [-0.25, -0.2) is 0 Å². The quantitative estimate of drug-likeness (QED) is 0.469. The summed E-state index contributed by atoms with van der Waals surface area (Å²) < 4.78 is 0. The highest BCUT2D eigenvalue weighted by molar-refractivity contribution is 5.88. The van der Waals surface area contributed by atoms with Crippen LogP contribution in [0.15, 0.2) is 30.5 Å². The van der Waals surface area contributed by atoms with Gasteiger partial charge in [0.05, 0.1) is 5.84 Å². The molecule has 0 spiro atoms. The summed E-state index contributed by atoms with van der Waals surface area (Å²) in [4.78, 5) is 3.12. The number of fused-ring (bicyclic) bond motifs is 1. The van der Waals surface area contributed by atoms with Crippen molar-refractivity contribution in [2.24, 2.45) is 5.73 Å². The van der Waals surface area contributed by atoms with Gasteiger partial charge in [-0.1, -0.05) is 12.1 Å². The Morgan fingerprint density at radius 2 is 2.23 bits per heavy atom. The molecule has 2 rings (SSSR count). The van der Waals surface area contributed by atoms with Crippen molar-refractivity contribution in [3.8, 4) is 0 Å². The van der Waals surface area contributed by atoms with Crippen LogP contribution in [0.5, 0.6) is 0 Å². The normalized spacial score (nSPS) is 10.5. The maximum Gasteiger partial charge on any atom is 0.0950 e. The number of nitrogens with two attached hydrogens (primary N) is 1. The fraction of sp³-hybridized carbons (Fsp3) is 0.100. The van der Waals surface area contributed by atoms with Crippen LogP contribution in [0, 0.1) is 5.41 Å². The van der Waals surface area contributed by atoms with E-state index in [1.807, 2.05) is 30.5 Å². The molecule has 0 saturated heterocycles. The number of amidine groups is 1. The molecule has 0 aliphatic carbocycles. The Balaban J connectivity index is 2.54. The number of rotatable bonds is 2. The maximum atomic E-state index is 7.23. The van der Waals surface area contributed by atoms with E-state index in [9.17, 15) is 0 Å². The predicted octanol–water partition coefficient (Wildman–Crippen LogP) is 1.65. The average molecular weight is 173 g/mol. The van der Waals surface area contributed by atoms with E-state index in [1.54, 1.807) is 0 Å². The Kier molecular flexibility index (Phi) is 1.77. The van der Waals surface area contributed by atoms with Crippen molar-refractivity contribution < 1.29 is 0 Å². The third-order valence-corrected chi connectivity index (χ3v) is 2.07. The number of aromatic nitrogens is 1. The first-order valence-corrected chi connectivity index (χ1v) is 4.15. The Hall–Kier alpha value is -1.77. The molecular weight excluding hydrogens is 162 g/mol.